The van der Waals surface area contributed by atoms with Crippen LogP contribution in [-0.4, -0.2) is 12.6 Å². The number of rotatable bonds is 6. The lowest BCUT2D eigenvalue weighted by Gasteiger charge is -2.37. The molecule has 4 atom stereocenters. The molecule has 0 aromatic carbocycles. The summed E-state index contributed by atoms with van der Waals surface area (Å²) in [5, 5.41) is 3.81. The summed E-state index contributed by atoms with van der Waals surface area (Å²) in [6.45, 7) is 8.34. The van der Waals surface area contributed by atoms with Gasteiger partial charge >= 0.3 is 0 Å². The second-order valence-corrected chi connectivity index (χ2v) is 7.42. The highest BCUT2D eigenvalue weighted by molar-refractivity contribution is 4.84. The van der Waals surface area contributed by atoms with Crippen LogP contribution in [0.2, 0.25) is 0 Å². The minimum Gasteiger partial charge on any atom is -0.314 e. The predicted octanol–water partition coefficient (Wildman–Crippen LogP) is 5.01. The highest BCUT2D eigenvalue weighted by Crippen LogP contribution is 2.37. The van der Waals surface area contributed by atoms with Crippen molar-refractivity contribution >= 4 is 0 Å². The quantitative estimate of drug-likeness (QED) is 0.712. The minimum atomic E-state index is 0.806. The Morgan fingerprint density at radius 3 is 2.37 bits per heavy atom. The van der Waals surface area contributed by atoms with E-state index in [0.717, 1.165) is 36.3 Å². The van der Waals surface area contributed by atoms with E-state index in [1.807, 2.05) is 0 Å². The first-order valence-electron chi connectivity index (χ1n) is 8.94. The Hall–Kier alpha value is -0.0400. The zero-order valence-corrected chi connectivity index (χ0v) is 13.5. The molecule has 0 spiro atoms. The van der Waals surface area contributed by atoms with Gasteiger partial charge in [0.15, 0.2) is 0 Å². The van der Waals surface area contributed by atoms with Crippen LogP contribution in [0.5, 0.6) is 0 Å². The van der Waals surface area contributed by atoms with Gasteiger partial charge in [0.1, 0.15) is 0 Å². The van der Waals surface area contributed by atoms with Crippen molar-refractivity contribution in [3.05, 3.63) is 0 Å². The van der Waals surface area contributed by atoms with Gasteiger partial charge in [0.25, 0.3) is 0 Å². The fourth-order valence-electron chi connectivity index (χ4n) is 4.44. The van der Waals surface area contributed by atoms with Crippen LogP contribution >= 0.6 is 0 Å². The molecule has 0 aromatic heterocycles. The molecular formula is C18H35N. The van der Waals surface area contributed by atoms with E-state index in [1.165, 1.54) is 57.8 Å². The lowest BCUT2D eigenvalue weighted by Crippen LogP contribution is -2.39. The molecule has 2 aliphatic rings. The minimum absolute atomic E-state index is 0.806. The molecule has 1 heteroatoms. The monoisotopic (exact) mass is 265 g/mol. The zero-order valence-electron chi connectivity index (χ0n) is 13.5. The van der Waals surface area contributed by atoms with Gasteiger partial charge < -0.3 is 5.32 Å². The third-order valence-electron chi connectivity index (χ3n) is 6.03. The zero-order chi connectivity index (χ0) is 13.7. The Balaban J connectivity index is 1.80. The number of hydrogen-bond acceptors (Lipinski definition) is 1. The van der Waals surface area contributed by atoms with E-state index >= 15 is 0 Å². The van der Waals surface area contributed by atoms with Crippen LogP contribution in [0.3, 0.4) is 0 Å². The first-order chi connectivity index (χ1) is 9.20. The fourth-order valence-corrected chi connectivity index (χ4v) is 4.44. The largest absolute Gasteiger partial charge is 0.314 e. The molecule has 0 saturated heterocycles. The lowest BCUT2D eigenvalue weighted by molar-refractivity contribution is 0.163. The van der Waals surface area contributed by atoms with Gasteiger partial charge in [-0.2, -0.15) is 0 Å². The van der Waals surface area contributed by atoms with Gasteiger partial charge in [-0.1, -0.05) is 52.9 Å². The molecule has 1 N–H and O–H groups in total. The molecule has 2 fully saturated rings. The van der Waals surface area contributed by atoms with Crippen LogP contribution in [0, 0.1) is 23.7 Å². The Morgan fingerprint density at radius 2 is 1.74 bits per heavy atom. The highest BCUT2D eigenvalue weighted by Gasteiger charge is 2.30. The first-order valence-corrected chi connectivity index (χ1v) is 8.94. The van der Waals surface area contributed by atoms with Crippen LogP contribution in [0.4, 0.5) is 0 Å². The van der Waals surface area contributed by atoms with E-state index in [-0.39, 0.29) is 0 Å². The molecule has 112 valence electrons. The maximum absolute atomic E-state index is 3.81. The van der Waals surface area contributed by atoms with Crippen LogP contribution in [0.15, 0.2) is 0 Å². The van der Waals surface area contributed by atoms with Gasteiger partial charge in [-0.05, 0) is 55.9 Å². The summed E-state index contributed by atoms with van der Waals surface area (Å²) in [5.74, 6) is 3.90. The van der Waals surface area contributed by atoms with Crippen molar-refractivity contribution in [1.29, 1.82) is 0 Å². The van der Waals surface area contributed by atoms with Gasteiger partial charge in [-0.15, -0.1) is 0 Å². The van der Waals surface area contributed by atoms with Crippen LogP contribution in [0.25, 0.3) is 0 Å². The lowest BCUT2D eigenvalue weighted by atomic mass is 9.72. The van der Waals surface area contributed by atoms with Crippen molar-refractivity contribution in [2.45, 2.75) is 84.6 Å². The van der Waals surface area contributed by atoms with Crippen LogP contribution in [-0.2, 0) is 0 Å². The number of hydrogen-bond donors (Lipinski definition) is 1. The van der Waals surface area contributed by atoms with Crippen molar-refractivity contribution < 1.29 is 0 Å². The summed E-state index contributed by atoms with van der Waals surface area (Å²) in [6, 6.07) is 0.806. The van der Waals surface area contributed by atoms with Gasteiger partial charge in [-0.3, -0.25) is 0 Å². The summed E-state index contributed by atoms with van der Waals surface area (Å²) in [7, 11) is 0. The SMILES string of the molecule is CCNC(CCC1CCCC1)C1CCC(C)C(C)C1. The molecule has 4 unspecified atom stereocenters. The van der Waals surface area contributed by atoms with Crippen molar-refractivity contribution in [3.8, 4) is 0 Å². The van der Waals surface area contributed by atoms with Gasteiger partial charge in [0.2, 0.25) is 0 Å². The van der Waals surface area contributed by atoms with Crippen LogP contribution < -0.4 is 5.32 Å². The second kappa shape index (κ2) is 7.67. The van der Waals surface area contributed by atoms with E-state index in [2.05, 4.69) is 26.1 Å². The Bertz CT molecular complexity index is 244. The molecule has 0 heterocycles. The molecular weight excluding hydrogens is 230 g/mol. The van der Waals surface area contributed by atoms with E-state index < -0.39 is 0 Å². The van der Waals surface area contributed by atoms with E-state index in [1.54, 1.807) is 0 Å². The molecule has 2 aliphatic carbocycles. The summed E-state index contributed by atoms with van der Waals surface area (Å²) < 4.78 is 0. The van der Waals surface area contributed by atoms with Crippen molar-refractivity contribution in [2.24, 2.45) is 23.7 Å². The van der Waals surface area contributed by atoms with E-state index in [9.17, 15) is 0 Å². The second-order valence-electron chi connectivity index (χ2n) is 7.42. The fraction of sp³-hybridized carbons (Fsp3) is 1.00. The third kappa shape index (κ3) is 4.48. The average Bonchev–Trinajstić information content (AvgIpc) is 2.91. The van der Waals surface area contributed by atoms with Crippen molar-refractivity contribution in [3.63, 3.8) is 0 Å². The van der Waals surface area contributed by atoms with E-state index in [4.69, 9.17) is 0 Å². The first kappa shape index (κ1) is 15.4. The molecule has 19 heavy (non-hydrogen) atoms. The Labute approximate surface area is 120 Å². The molecule has 2 saturated carbocycles. The maximum Gasteiger partial charge on any atom is 0.00954 e. The molecule has 0 amide bonds. The molecule has 2 rings (SSSR count). The Morgan fingerprint density at radius 1 is 1.00 bits per heavy atom. The van der Waals surface area contributed by atoms with Gasteiger partial charge in [-0.25, -0.2) is 0 Å². The predicted molar refractivity (Wildman–Crippen MR) is 84.3 cm³/mol. The molecule has 0 radical (unpaired) electrons. The van der Waals surface area contributed by atoms with E-state index in [0.29, 0.717) is 0 Å². The molecule has 0 aliphatic heterocycles. The third-order valence-corrected chi connectivity index (χ3v) is 6.03. The summed E-state index contributed by atoms with van der Waals surface area (Å²) in [6.07, 6.45) is 13.3. The van der Waals surface area contributed by atoms with Gasteiger partial charge in [0.05, 0.1) is 0 Å². The Kier molecular flexibility index (Phi) is 6.19. The van der Waals surface area contributed by atoms with Crippen LogP contribution in [0.1, 0.15) is 78.6 Å². The molecule has 0 bridgehead atoms. The average molecular weight is 265 g/mol. The normalized spacial score (nSPS) is 34.6. The van der Waals surface area contributed by atoms with Crippen molar-refractivity contribution in [1.82, 2.24) is 5.32 Å². The van der Waals surface area contributed by atoms with Crippen molar-refractivity contribution in [2.75, 3.05) is 6.54 Å². The molecule has 1 nitrogen and oxygen atoms in total. The highest BCUT2D eigenvalue weighted by atomic mass is 14.9. The maximum atomic E-state index is 3.81. The summed E-state index contributed by atoms with van der Waals surface area (Å²) in [5.41, 5.74) is 0. The standard InChI is InChI=1S/C18H35N/c1-4-19-18(12-10-16-7-5-6-8-16)17-11-9-14(2)15(3)13-17/h14-19H,4-13H2,1-3H3. The summed E-state index contributed by atoms with van der Waals surface area (Å²) in [4.78, 5) is 0. The van der Waals surface area contributed by atoms with Gasteiger partial charge in [0, 0.05) is 6.04 Å². The smallest absolute Gasteiger partial charge is 0.00954 e. The number of nitrogens with one attached hydrogen (secondary N) is 1. The summed E-state index contributed by atoms with van der Waals surface area (Å²) >= 11 is 0. The molecule has 0 aromatic rings. The topological polar surface area (TPSA) is 12.0 Å².